The number of nitrogens with zero attached hydrogens (tertiary/aromatic N) is 1. The molecule has 46 heavy (non-hydrogen) atoms. The largest absolute Gasteiger partial charge is 0.510 e. The zero-order valence-corrected chi connectivity index (χ0v) is 23.8. The van der Waals surface area contributed by atoms with Crippen molar-refractivity contribution in [1.29, 1.82) is 0 Å². The number of aliphatic hydroxyl groups is 2. The Morgan fingerprint density at radius 2 is 1.65 bits per heavy atom. The molecule has 0 radical (unpaired) electrons. The van der Waals surface area contributed by atoms with Crippen molar-refractivity contribution in [2.24, 2.45) is 5.16 Å². The number of benzene rings is 2. The predicted molar refractivity (Wildman–Crippen MR) is 162 cm³/mol. The normalized spacial score (nSPS) is 17.0. The first-order valence-electron chi connectivity index (χ1n) is 13.9. The topological polar surface area (TPSA) is 193 Å². The lowest BCUT2D eigenvalue weighted by Crippen LogP contribution is -2.51. The van der Waals surface area contributed by atoms with E-state index >= 15 is 0 Å². The molecule has 4 aliphatic rings. The van der Waals surface area contributed by atoms with Crippen molar-refractivity contribution in [2.45, 2.75) is 24.9 Å². The Bertz CT molecular complexity index is 2690. The monoisotopic (exact) mass is 624 g/mol. The van der Waals surface area contributed by atoms with Gasteiger partial charge in [0.1, 0.15) is 35.1 Å². The van der Waals surface area contributed by atoms with Crippen LogP contribution in [0.2, 0.25) is 0 Å². The molecule has 13 heteroatoms. The van der Waals surface area contributed by atoms with Crippen LogP contribution < -0.4 is 42.4 Å². The number of nitrogens with one attached hydrogen (secondary N) is 1. The summed E-state index contributed by atoms with van der Waals surface area (Å²) in [5.74, 6) is -3.08. The SMILES string of the molecule is COc1cc(=O)c2c(=O)c3c(c(=O)c=2c1=O)=C(O)[C@]1(CCc2cc4cc(C=NOCc5cccc(F)c5)[nH]c(=O)c4c(O)c21)C=3O. The first kappa shape index (κ1) is 28.6. The molecule has 1 atom stereocenters. The van der Waals surface area contributed by atoms with E-state index in [0.29, 0.717) is 11.1 Å². The number of fused-ring (bicyclic) bond motifs is 4. The molecule has 0 amide bonds. The number of pyridine rings is 1. The minimum Gasteiger partial charge on any atom is -0.510 e. The lowest BCUT2D eigenvalue weighted by atomic mass is 9.78. The van der Waals surface area contributed by atoms with E-state index < -0.39 is 82.4 Å². The van der Waals surface area contributed by atoms with Crippen molar-refractivity contribution >= 4 is 28.5 Å². The van der Waals surface area contributed by atoms with E-state index in [2.05, 4.69) is 10.1 Å². The molecule has 0 saturated carbocycles. The number of aromatic nitrogens is 1. The van der Waals surface area contributed by atoms with Crippen molar-refractivity contribution < 1.29 is 29.3 Å². The molecular weight excluding hydrogens is 603 g/mol. The highest BCUT2D eigenvalue weighted by Crippen LogP contribution is 2.54. The molecule has 7 rings (SSSR count). The number of phenolic OH excluding ortho intramolecular Hbond substituents is 1. The third-order valence-corrected chi connectivity index (χ3v) is 8.66. The zero-order chi connectivity index (χ0) is 32.7. The molecule has 0 aliphatic heterocycles. The Kier molecular flexibility index (Phi) is 6.20. The van der Waals surface area contributed by atoms with Gasteiger partial charge in [0.05, 0.1) is 45.3 Å². The highest BCUT2D eigenvalue weighted by atomic mass is 19.1. The van der Waals surface area contributed by atoms with E-state index in [1.54, 1.807) is 12.1 Å². The Morgan fingerprint density at radius 3 is 2.35 bits per heavy atom. The summed E-state index contributed by atoms with van der Waals surface area (Å²) in [5, 5.41) is 35.6. The molecule has 12 nitrogen and oxygen atoms in total. The van der Waals surface area contributed by atoms with Crippen LogP contribution in [0, 0.1) is 16.3 Å². The Labute approximate surface area is 254 Å². The maximum absolute atomic E-state index is 13.6. The number of ether oxygens (including phenoxy) is 1. The van der Waals surface area contributed by atoms with Crippen LogP contribution in [0.15, 0.2) is 71.6 Å². The maximum atomic E-state index is 13.6. The molecule has 4 aliphatic carbocycles. The smallest absolute Gasteiger partial charge is 0.260 e. The number of aromatic hydroxyl groups is 1. The van der Waals surface area contributed by atoms with E-state index in [1.165, 1.54) is 30.5 Å². The van der Waals surface area contributed by atoms with E-state index in [0.717, 1.165) is 13.2 Å². The number of aromatic amines is 1. The molecular formula is C33H21FN2O10. The van der Waals surface area contributed by atoms with Gasteiger partial charge in [0.2, 0.25) is 16.3 Å². The summed E-state index contributed by atoms with van der Waals surface area (Å²) in [5.41, 5.74) is -6.01. The van der Waals surface area contributed by atoms with Crippen molar-refractivity contribution in [1.82, 2.24) is 4.98 Å². The average molecular weight is 625 g/mol. The van der Waals surface area contributed by atoms with Gasteiger partial charge in [0.25, 0.3) is 5.56 Å². The minimum absolute atomic E-state index is 0.0314. The number of hydrogen-bond acceptors (Lipinski definition) is 11. The second kappa shape index (κ2) is 9.95. The summed E-state index contributed by atoms with van der Waals surface area (Å²) in [6.45, 7) is -0.0314. The molecule has 1 aromatic heterocycles. The second-order valence-electron chi connectivity index (χ2n) is 11.1. The van der Waals surface area contributed by atoms with Crippen LogP contribution in [0.4, 0.5) is 4.39 Å². The maximum Gasteiger partial charge on any atom is 0.260 e. The molecule has 0 fully saturated rings. The number of rotatable bonds is 5. The van der Waals surface area contributed by atoms with Crippen molar-refractivity contribution in [3.8, 4) is 11.5 Å². The van der Waals surface area contributed by atoms with Gasteiger partial charge >= 0.3 is 0 Å². The van der Waals surface area contributed by atoms with E-state index in [9.17, 15) is 43.7 Å². The summed E-state index contributed by atoms with van der Waals surface area (Å²) in [6.07, 6.45) is 1.23. The molecule has 1 spiro atoms. The summed E-state index contributed by atoms with van der Waals surface area (Å²) < 4.78 is 18.3. The van der Waals surface area contributed by atoms with Crippen molar-refractivity contribution in [2.75, 3.05) is 7.11 Å². The standard InChI is InChI=1S/C33H21FN2O10/c1-45-19-10-18(37)21-22(26(19)38)28(40)24-23(27(21)39)30(42)33(31(24)43)6-5-14-8-15-9-17(36-32(44)20(15)29(41)25(14)33)11-35-46-12-13-3-2-4-16(34)7-13/h2-4,7-11,41-43H,5-6,12H2,1H3,(H,36,44)/t33-/m0/s1. The third kappa shape index (κ3) is 3.77. The fraction of sp³-hybridized carbons (Fsp3) is 0.152. The average Bonchev–Trinajstić information content (AvgIpc) is 3.51. The fourth-order valence-electron chi connectivity index (χ4n) is 6.67. The van der Waals surface area contributed by atoms with E-state index in [1.807, 2.05) is 0 Å². The summed E-state index contributed by atoms with van der Waals surface area (Å²) in [4.78, 5) is 73.9. The highest BCUT2D eigenvalue weighted by Gasteiger charge is 2.53. The van der Waals surface area contributed by atoms with Gasteiger partial charge in [-0.3, -0.25) is 24.0 Å². The van der Waals surface area contributed by atoms with Crippen LogP contribution in [-0.2, 0) is 23.3 Å². The van der Waals surface area contributed by atoms with Gasteiger partial charge in [-0.05, 0) is 47.6 Å². The number of phenols is 1. The Morgan fingerprint density at radius 1 is 0.935 bits per heavy atom. The van der Waals surface area contributed by atoms with Gasteiger partial charge in [-0.1, -0.05) is 23.4 Å². The minimum atomic E-state index is -2.00. The predicted octanol–water partition coefficient (Wildman–Crippen LogP) is 0.203. The molecule has 2 aromatic carbocycles. The van der Waals surface area contributed by atoms with Gasteiger partial charge in [-0.25, -0.2) is 4.39 Å². The fourth-order valence-corrected chi connectivity index (χ4v) is 6.67. The van der Waals surface area contributed by atoms with Crippen molar-refractivity contribution in [3.05, 3.63) is 143 Å². The van der Waals surface area contributed by atoms with Crippen LogP contribution in [0.3, 0.4) is 0 Å². The van der Waals surface area contributed by atoms with Gasteiger partial charge < -0.3 is 29.9 Å². The molecule has 0 unspecified atom stereocenters. The van der Waals surface area contributed by atoms with E-state index in [-0.39, 0.29) is 41.5 Å². The summed E-state index contributed by atoms with van der Waals surface area (Å²) in [6, 6.07) is 9.59. The number of H-pyrrole nitrogens is 1. The number of oxime groups is 1. The van der Waals surface area contributed by atoms with Gasteiger partial charge in [-0.2, -0.15) is 0 Å². The molecule has 1 heterocycles. The molecule has 230 valence electrons. The first-order valence-corrected chi connectivity index (χ1v) is 13.9. The van der Waals surface area contributed by atoms with Crippen LogP contribution in [0.1, 0.15) is 28.8 Å². The number of methoxy groups -OCH3 is 1. The Hall–Kier alpha value is -6.11. The van der Waals surface area contributed by atoms with Crippen LogP contribution in [0.5, 0.6) is 11.5 Å². The number of aryl methyl sites for hydroxylation is 1. The van der Waals surface area contributed by atoms with Gasteiger partial charge in [-0.15, -0.1) is 0 Å². The number of hydrogen-bond donors (Lipinski definition) is 4. The first-order chi connectivity index (χ1) is 22.0. The van der Waals surface area contributed by atoms with E-state index in [4.69, 9.17) is 9.57 Å². The zero-order valence-electron chi connectivity index (χ0n) is 23.8. The van der Waals surface area contributed by atoms with Crippen molar-refractivity contribution in [3.63, 3.8) is 0 Å². The second-order valence-corrected chi connectivity index (χ2v) is 11.1. The summed E-state index contributed by atoms with van der Waals surface area (Å²) in [7, 11) is 1.11. The van der Waals surface area contributed by atoms with Crippen LogP contribution in [0.25, 0.3) is 22.3 Å². The third-order valence-electron chi connectivity index (χ3n) is 8.66. The highest BCUT2D eigenvalue weighted by molar-refractivity contribution is 5.96. The molecule has 4 N–H and O–H groups in total. The van der Waals surface area contributed by atoms with Gasteiger partial charge in [0.15, 0.2) is 11.2 Å². The quantitative estimate of drug-likeness (QED) is 0.155. The number of aliphatic hydroxyl groups excluding tert-OH is 2. The van der Waals surface area contributed by atoms with Crippen LogP contribution in [-0.4, -0.2) is 33.6 Å². The lowest BCUT2D eigenvalue weighted by Gasteiger charge is -2.27. The summed E-state index contributed by atoms with van der Waals surface area (Å²) >= 11 is 0. The number of halogens is 1. The molecule has 0 saturated heterocycles. The molecule has 3 aromatic rings. The Balaban J connectivity index is 1.39. The van der Waals surface area contributed by atoms with Crippen LogP contribution >= 0.6 is 0 Å². The lowest BCUT2D eigenvalue weighted by molar-refractivity contribution is 0.132. The van der Waals surface area contributed by atoms with Gasteiger partial charge in [0, 0.05) is 11.6 Å². The molecule has 0 bridgehead atoms.